The molecule has 0 aliphatic carbocycles. The molecular weight excluding hydrogens is 368 g/mol. The maximum absolute atomic E-state index is 12.7. The van der Waals surface area contributed by atoms with Crippen molar-refractivity contribution in [2.24, 2.45) is 0 Å². The van der Waals surface area contributed by atoms with Gasteiger partial charge in [0, 0.05) is 29.9 Å². The lowest BCUT2D eigenvalue weighted by Gasteiger charge is -2.11. The fraction of sp³-hybridized carbons (Fsp3) is 0.111. The second kappa shape index (κ2) is 7.92. The Labute approximate surface area is 159 Å². The van der Waals surface area contributed by atoms with E-state index in [0.717, 1.165) is 5.69 Å². The lowest BCUT2D eigenvalue weighted by atomic mass is 10.1. The molecule has 1 heterocycles. The number of phenolic OH excluding ortho intramolecular Hbond substituents is 1. The van der Waals surface area contributed by atoms with Gasteiger partial charge in [-0.15, -0.1) is 0 Å². The Hall–Kier alpha value is -3.33. The molecular formula is C18H16N4O4S. The van der Waals surface area contributed by atoms with Crippen molar-refractivity contribution >= 4 is 23.4 Å². The first-order valence-electron chi connectivity index (χ1n) is 7.93. The predicted octanol–water partition coefficient (Wildman–Crippen LogP) is 3.14. The average molecular weight is 384 g/mol. The number of benzene rings is 2. The number of nitrogens with zero attached hydrogens (tertiary/aromatic N) is 3. The molecule has 0 fully saturated rings. The van der Waals surface area contributed by atoms with Crippen LogP contribution < -0.4 is 5.32 Å². The SMILES string of the molecule is CSc1ncc(C(=O)NCc2cc([N+](=O)[O-])ccc2O)n1-c1ccccc1. The number of imidazole rings is 1. The van der Waals surface area contributed by atoms with E-state index in [9.17, 15) is 20.0 Å². The minimum Gasteiger partial charge on any atom is -0.508 e. The number of non-ortho nitro benzene ring substituents is 1. The van der Waals surface area contributed by atoms with Gasteiger partial charge in [0.2, 0.25) is 0 Å². The number of para-hydroxylation sites is 1. The van der Waals surface area contributed by atoms with Crippen LogP contribution in [0, 0.1) is 10.1 Å². The first-order valence-corrected chi connectivity index (χ1v) is 9.15. The lowest BCUT2D eigenvalue weighted by molar-refractivity contribution is -0.384. The van der Waals surface area contributed by atoms with Gasteiger partial charge >= 0.3 is 0 Å². The normalized spacial score (nSPS) is 10.6. The van der Waals surface area contributed by atoms with Crippen LogP contribution >= 0.6 is 11.8 Å². The van der Waals surface area contributed by atoms with E-state index in [1.165, 1.54) is 36.2 Å². The molecule has 8 nitrogen and oxygen atoms in total. The summed E-state index contributed by atoms with van der Waals surface area (Å²) in [4.78, 5) is 27.3. The van der Waals surface area contributed by atoms with Crippen LogP contribution in [0.4, 0.5) is 5.69 Å². The standard InChI is InChI=1S/C18H16N4O4S/c1-27-18-20-11-15(21(18)13-5-3-2-4-6-13)17(24)19-10-12-9-14(22(25)26)7-8-16(12)23/h2-9,11,23H,10H2,1H3,(H,19,24). The molecule has 0 aliphatic heterocycles. The zero-order valence-electron chi connectivity index (χ0n) is 14.3. The Morgan fingerprint density at radius 2 is 2.04 bits per heavy atom. The zero-order chi connectivity index (χ0) is 19.4. The predicted molar refractivity (Wildman–Crippen MR) is 101 cm³/mol. The third-order valence-corrected chi connectivity index (χ3v) is 4.53. The molecule has 9 heteroatoms. The summed E-state index contributed by atoms with van der Waals surface area (Å²) in [6, 6.07) is 13.0. The van der Waals surface area contributed by atoms with Crippen LogP contribution in [0.25, 0.3) is 5.69 Å². The van der Waals surface area contributed by atoms with Gasteiger partial charge < -0.3 is 10.4 Å². The molecule has 0 aliphatic rings. The van der Waals surface area contributed by atoms with Crippen molar-refractivity contribution in [3.05, 3.63) is 76.1 Å². The minimum atomic E-state index is -0.556. The Kier molecular flexibility index (Phi) is 5.41. The fourth-order valence-corrected chi connectivity index (χ4v) is 3.10. The van der Waals surface area contributed by atoms with Crippen molar-refractivity contribution in [2.75, 3.05) is 6.26 Å². The van der Waals surface area contributed by atoms with Crippen LogP contribution in [0.5, 0.6) is 5.75 Å². The molecule has 0 unspecified atom stereocenters. The number of aromatic hydroxyl groups is 1. The molecule has 0 bridgehead atoms. The monoisotopic (exact) mass is 384 g/mol. The fourth-order valence-electron chi connectivity index (χ4n) is 2.56. The molecule has 1 aromatic heterocycles. The third-order valence-electron chi connectivity index (χ3n) is 3.87. The largest absolute Gasteiger partial charge is 0.508 e. The third kappa shape index (κ3) is 3.93. The number of hydrogen-bond acceptors (Lipinski definition) is 6. The van der Waals surface area contributed by atoms with E-state index in [4.69, 9.17) is 0 Å². The maximum Gasteiger partial charge on any atom is 0.270 e. The number of carbonyl (C=O) groups is 1. The van der Waals surface area contributed by atoms with Gasteiger partial charge in [-0.3, -0.25) is 19.5 Å². The number of aromatic nitrogens is 2. The Morgan fingerprint density at radius 3 is 2.70 bits per heavy atom. The van der Waals surface area contributed by atoms with Crippen LogP contribution in [0.1, 0.15) is 16.1 Å². The van der Waals surface area contributed by atoms with Crippen LogP contribution in [-0.4, -0.2) is 31.7 Å². The number of phenols is 1. The van der Waals surface area contributed by atoms with E-state index in [1.54, 1.807) is 4.57 Å². The van der Waals surface area contributed by atoms with Gasteiger partial charge in [0.1, 0.15) is 11.4 Å². The number of carbonyl (C=O) groups excluding carboxylic acids is 1. The molecule has 3 rings (SSSR count). The van der Waals surface area contributed by atoms with Crippen molar-refractivity contribution in [3.8, 4) is 11.4 Å². The average Bonchev–Trinajstić information content (AvgIpc) is 3.11. The summed E-state index contributed by atoms with van der Waals surface area (Å²) in [5, 5.41) is 24.1. The van der Waals surface area contributed by atoms with E-state index in [-0.39, 0.29) is 23.5 Å². The molecule has 0 saturated heterocycles. The molecule has 2 aromatic carbocycles. The highest BCUT2D eigenvalue weighted by molar-refractivity contribution is 7.98. The van der Waals surface area contributed by atoms with E-state index < -0.39 is 10.8 Å². The Bertz CT molecular complexity index is 988. The van der Waals surface area contributed by atoms with Gasteiger partial charge in [0.15, 0.2) is 5.16 Å². The Balaban J connectivity index is 1.85. The molecule has 27 heavy (non-hydrogen) atoms. The molecule has 138 valence electrons. The highest BCUT2D eigenvalue weighted by Gasteiger charge is 2.18. The van der Waals surface area contributed by atoms with Crippen molar-refractivity contribution in [3.63, 3.8) is 0 Å². The van der Waals surface area contributed by atoms with Gasteiger partial charge in [-0.25, -0.2) is 4.98 Å². The minimum absolute atomic E-state index is 0.0546. The van der Waals surface area contributed by atoms with Crippen LogP contribution in [0.3, 0.4) is 0 Å². The molecule has 0 radical (unpaired) electrons. The molecule has 0 spiro atoms. The first kappa shape index (κ1) is 18.5. The summed E-state index contributed by atoms with van der Waals surface area (Å²) < 4.78 is 1.73. The van der Waals surface area contributed by atoms with E-state index in [1.807, 2.05) is 36.6 Å². The Morgan fingerprint density at radius 1 is 1.30 bits per heavy atom. The topological polar surface area (TPSA) is 110 Å². The van der Waals surface area contributed by atoms with Crippen molar-refractivity contribution in [1.82, 2.24) is 14.9 Å². The quantitative estimate of drug-likeness (QED) is 0.384. The van der Waals surface area contributed by atoms with Crippen molar-refractivity contribution < 1.29 is 14.8 Å². The summed E-state index contributed by atoms with van der Waals surface area (Å²) in [5.74, 6) is -0.528. The highest BCUT2D eigenvalue weighted by atomic mass is 32.2. The number of nitrogens with one attached hydrogen (secondary N) is 1. The van der Waals surface area contributed by atoms with Gasteiger partial charge in [-0.05, 0) is 24.5 Å². The molecule has 1 amide bonds. The number of rotatable bonds is 6. The van der Waals surface area contributed by atoms with Gasteiger partial charge in [-0.2, -0.15) is 0 Å². The number of amides is 1. The van der Waals surface area contributed by atoms with Crippen LogP contribution in [0.2, 0.25) is 0 Å². The number of nitro benzene ring substituents is 1. The maximum atomic E-state index is 12.7. The van der Waals surface area contributed by atoms with E-state index >= 15 is 0 Å². The van der Waals surface area contributed by atoms with Gasteiger partial charge in [-0.1, -0.05) is 30.0 Å². The van der Waals surface area contributed by atoms with Crippen molar-refractivity contribution in [2.45, 2.75) is 11.7 Å². The summed E-state index contributed by atoms with van der Waals surface area (Å²) >= 11 is 1.41. The zero-order valence-corrected chi connectivity index (χ0v) is 15.1. The molecule has 0 atom stereocenters. The number of thioether (sulfide) groups is 1. The lowest BCUT2D eigenvalue weighted by Crippen LogP contribution is -2.25. The van der Waals surface area contributed by atoms with Gasteiger partial charge in [0.05, 0.1) is 11.1 Å². The van der Waals surface area contributed by atoms with Crippen LogP contribution in [0.15, 0.2) is 59.9 Å². The van der Waals surface area contributed by atoms with Crippen molar-refractivity contribution in [1.29, 1.82) is 0 Å². The summed E-state index contributed by atoms with van der Waals surface area (Å²) in [5.41, 5.74) is 1.22. The van der Waals surface area contributed by atoms with Gasteiger partial charge in [0.25, 0.3) is 11.6 Å². The molecule has 2 N–H and O–H groups in total. The summed E-state index contributed by atoms with van der Waals surface area (Å²) in [6.45, 7) is -0.0546. The first-order chi connectivity index (χ1) is 13.0. The smallest absolute Gasteiger partial charge is 0.270 e. The van der Waals surface area contributed by atoms with Crippen LogP contribution in [-0.2, 0) is 6.54 Å². The van der Waals surface area contributed by atoms with E-state index in [2.05, 4.69) is 10.3 Å². The second-order valence-corrected chi connectivity index (χ2v) is 6.33. The number of hydrogen-bond donors (Lipinski definition) is 2. The molecule has 3 aromatic rings. The highest BCUT2D eigenvalue weighted by Crippen LogP contribution is 2.24. The summed E-state index contributed by atoms with van der Waals surface area (Å²) in [6.07, 6.45) is 3.34. The number of nitro groups is 1. The molecule has 0 saturated carbocycles. The second-order valence-electron chi connectivity index (χ2n) is 5.55. The van der Waals surface area contributed by atoms with E-state index in [0.29, 0.717) is 10.9 Å². The summed E-state index contributed by atoms with van der Waals surface area (Å²) in [7, 11) is 0.